The third-order valence-corrected chi connectivity index (χ3v) is 4.76. The molecular formula is C15H22FN3O. The van der Waals surface area contributed by atoms with Crippen molar-refractivity contribution >= 4 is 11.7 Å². The minimum atomic E-state index is -0.708. The van der Waals surface area contributed by atoms with Gasteiger partial charge in [0.05, 0.1) is 5.56 Å². The minimum Gasteiger partial charge on any atom is -0.381 e. The van der Waals surface area contributed by atoms with Crippen LogP contribution in [-0.4, -0.2) is 28.9 Å². The number of hydrogen-bond donors (Lipinski definition) is 1. The van der Waals surface area contributed by atoms with Gasteiger partial charge in [0.1, 0.15) is 0 Å². The molecule has 0 unspecified atom stereocenters. The van der Waals surface area contributed by atoms with Crippen molar-refractivity contribution in [2.75, 3.05) is 18.8 Å². The maximum atomic E-state index is 13.9. The summed E-state index contributed by atoms with van der Waals surface area (Å²) >= 11 is 0. The fraction of sp³-hybridized carbons (Fsp3) is 0.600. The van der Waals surface area contributed by atoms with Gasteiger partial charge in [0.25, 0.3) is 5.91 Å². The normalized spacial score (nSPS) is 18.1. The van der Waals surface area contributed by atoms with Crippen molar-refractivity contribution in [3.8, 4) is 0 Å². The van der Waals surface area contributed by atoms with Crippen LogP contribution >= 0.6 is 0 Å². The van der Waals surface area contributed by atoms with E-state index in [0.29, 0.717) is 18.5 Å². The average molecular weight is 279 g/mol. The van der Waals surface area contributed by atoms with E-state index in [0.717, 1.165) is 25.7 Å². The molecule has 0 aliphatic carbocycles. The van der Waals surface area contributed by atoms with Gasteiger partial charge in [-0.25, -0.2) is 9.37 Å². The summed E-state index contributed by atoms with van der Waals surface area (Å²) in [7, 11) is 0. The molecule has 110 valence electrons. The number of carbonyl (C=O) groups is 1. The van der Waals surface area contributed by atoms with Crippen molar-refractivity contribution in [3.05, 3.63) is 23.6 Å². The molecule has 1 aliphatic heterocycles. The zero-order valence-corrected chi connectivity index (χ0v) is 12.2. The second kappa shape index (κ2) is 5.77. The van der Waals surface area contributed by atoms with Crippen molar-refractivity contribution in [2.24, 2.45) is 5.41 Å². The number of carbonyl (C=O) groups excluding carboxylic acids is 1. The Hall–Kier alpha value is -1.65. The Morgan fingerprint density at radius 1 is 1.40 bits per heavy atom. The van der Waals surface area contributed by atoms with E-state index < -0.39 is 5.82 Å². The second-order valence-corrected chi connectivity index (χ2v) is 5.56. The van der Waals surface area contributed by atoms with E-state index in [1.54, 1.807) is 4.90 Å². The largest absolute Gasteiger partial charge is 0.381 e. The zero-order valence-electron chi connectivity index (χ0n) is 12.2. The van der Waals surface area contributed by atoms with Crippen molar-refractivity contribution in [1.29, 1.82) is 0 Å². The number of nitrogens with zero attached hydrogens (tertiary/aromatic N) is 2. The lowest BCUT2D eigenvalue weighted by Gasteiger charge is -2.41. The van der Waals surface area contributed by atoms with Gasteiger partial charge < -0.3 is 10.6 Å². The Balaban J connectivity index is 2.11. The maximum Gasteiger partial charge on any atom is 0.257 e. The van der Waals surface area contributed by atoms with Crippen LogP contribution in [0.4, 0.5) is 10.2 Å². The third-order valence-electron chi connectivity index (χ3n) is 4.76. The SMILES string of the molecule is CCC1(CC)CCN(C(=O)c2ccnc(N)c2F)CC1. The van der Waals surface area contributed by atoms with Crippen LogP contribution in [-0.2, 0) is 0 Å². The fourth-order valence-electron chi connectivity index (χ4n) is 2.94. The molecule has 2 heterocycles. The Labute approximate surface area is 119 Å². The van der Waals surface area contributed by atoms with Gasteiger partial charge in [-0.2, -0.15) is 0 Å². The highest BCUT2D eigenvalue weighted by Crippen LogP contribution is 2.38. The van der Waals surface area contributed by atoms with Gasteiger partial charge in [0, 0.05) is 19.3 Å². The number of amides is 1. The van der Waals surface area contributed by atoms with E-state index >= 15 is 0 Å². The van der Waals surface area contributed by atoms with Gasteiger partial charge >= 0.3 is 0 Å². The number of hydrogen-bond acceptors (Lipinski definition) is 3. The Bertz CT molecular complexity index is 490. The highest BCUT2D eigenvalue weighted by atomic mass is 19.1. The molecule has 1 fully saturated rings. The number of halogens is 1. The minimum absolute atomic E-state index is 0.0259. The van der Waals surface area contributed by atoms with E-state index in [1.165, 1.54) is 12.3 Å². The van der Waals surface area contributed by atoms with Crippen LogP contribution in [0.5, 0.6) is 0 Å². The first-order chi connectivity index (χ1) is 9.53. The third kappa shape index (κ3) is 2.62. The van der Waals surface area contributed by atoms with Gasteiger partial charge in [0.2, 0.25) is 0 Å². The molecule has 0 radical (unpaired) electrons. The highest BCUT2D eigenvalue weighted by Gasteiger charge is 2.33. The standard InChI is InChI=1S/C15H22FN3O/c1-3-15(4-2)6-9-19(10-7-15)14(20)11-5-8-18-13(17)12(11)16/h5,8H,3-4,6-7,9-10H2,1-2H3,(H2,17,18). The molecule has 1 aromatic heterocycles. The molecule has 0 saturated carbocycles. The van der Waals surface area contributed by atoms with Crippen molar-refractivity contribution < 1.29 is 9.18 Å². The fourth-order valence-corrected chi connectivity index (χ4v) is 2.94. The van der Waals surface area contributed by atoms with Crippen LogP contribution in [0, 0.1) is 11.2 Å². The van der Waals surface area contributed by atoms with E-state index in [1.807, 2.05) is 0 Å². The Morgan fingerprint density at radius 2 is 2.00 bits per heavy atom. The van der Waals surface area contributed by atoms with E-state index in [9.17, 15) is 9.18 Å². The number of rotatable bonds is 3. The highest BCUT2D eigenvalue weighted by molar-refractivity contribution is 5.95. The molecule has 20 heavy (non-hydrogen) atoms. The predicted octanol–water partition coefficient (Wildman–Crippen LogP) is 2.85. The molecule has 1 aromatic rings. The monoisotopic (exact) mass is 279 g/mol. The summed E-state index contributed by atoms with van der Waals surface area (Å²) in [4.78, 5) is 17.7. The molecule has 1 amide bonds. The van der Waals surface area contributed by atoms with Crippen molar-refractivity contribution in [2.45, 2.75) is 39.5 Å². The number of pyridine rings is 1. The number of piperidine rings is 1. The van der Waals surface area contributed by atoms with Crippen LogP contribution < -0.4 is 5.73 Å². The molecule has 1 aliphatic rings. The van der Waals surface area contributed by atoms with Gasteiger partial charge in [-0.15, -0.1) is 0 Å². The van der Waals surface area contributed by atoms with Gasteiger partial charge in [0.15, 0.2) is 11.6 Å². The lowest BCUT2D eigenvalue weighted by atomic mass is 9.74. The molecule has 0 bridgehead atoms. The van der Waals surface area contributed by atoms with Crippen molar-refractivity contribution in [3.63, 3.8) is 0 Å². The molecule has 4 nitrogen and oxygen atoms in total. The zero-order chi connectivity index (χ0) is 14.8. The lowest BCUT2D eigenvalue weighted by molar-refractivity contribution is 0.0553. The summed E-state index contributed by atoms with van der Waals surface area (Å²) in [5, 5.41) is 0. The lowest BCUT2D eigenvalue weighted by Crippen LogP contribution is -2.43. The van der Waals surface area contributed by atoms with Crippen molar-refractivity contribution in [1.82, 2.24) is 9.88 Å². The van der Waals surface area contributed by atoms with E-state index in [-0.39, 0.29) is 17.3 Å². The van der Waals surface area contributed by atoms with Gasteiger partial charge in [-0.1, -0.05) is 26.7 Å². The van der Waals surface area contributed by atoms with Gasteiger partial charge in [-0.3, -0.25) is 4.79 Å². The summed E-state index contributed by atoms with van der Waals surface area (Å²) in [6.45, 7) is 5.76. The van der Waals surface area contributed by atoms with Gasteiger partial charge in [-0.05, 0) is 24.3 Å². The van der Waals surface area contributed by atoms with Crippen LogP contribution in [0.1, 0.15) is 49.9 Å². The first-order valence-electron chi connectivity index (χ1n) is 7.22. The summed E-state index contributed by atoms with van der Waals surface area (Å²) in [6.07, 6.45) is 5.59. The number of nitrogens with two attached hydrogens (primary N) is 1. The summed E-state index contributed by atoms with van der Waals surface area (Å²) < 4.78 is 13.9. The Kier molecular flexibility index (Phi) is 4.26. The first kappa shape index (κ1) is 14.8. The number of nitrogen functional groups attached to an aromatic ring is 1. The quantitative estimate of drug-likeness (QED) is 0.925. The molecule has 0 aromatic carbocycles. The maximum absolute atomic E-state index is 13.9. The summed E-state index contributed by atoms with van der Waals surface area (Å²) in [5.74, 6) is -1.21. The van der Waals surface area contributed by atoms with Crippen LogP contribution in [0.2, 0.25) is 0 Å². The van der Waals surface area contributed by atoms with Crippen LogP contribution in [0.25, 0.3) is 0 Å². The molecule has 2 rings (SSSR count). The average Bonchev–Trinajstić information content (AvgIpc) is 2.49. The molecule has 5 heteroatoms. The number of anilines is 1. The van der Waals surface area contributed by atoms with E-state index in [4.69, 9.17) is 5.73 Å². The first-order valence-corrected chi connectivity index (χ1v) is 7.22. The second-order valence-electron chi connectivity index (χ2n) is 5.56. The molecule has 2 N–H and O–H groups in total. The molecule has 0 atom stereocenters. The molecule has 1 saturated heterocycles. The smallest absolute Gasteiger partial charge is 0.257 e. The number of aromatic nitrogens is 1. The predicted molar refractivity (Wildman–Crippen MR) is 76.8 cm³/mol. The molecular weight excluding hydrogens is 257 g/mol. The summed E-state index contributed by atoms with van der Waals surface area (Å²) in [6, 6.07) is 1.40. The number of likely N-dealkylation sites (tertiary alicyclic amines) is 1. The Morgan fingerprint density at radius 3 is 2.55 bits per heavy atom. The summed E-state index contributed by atoms with van der Waals surface area (Å²) in [5.41, 5.74) is 5.78. The molecule has 0 spiro atoms. The van der Waals surface area contributed by atoms with Crippen LogP contribution in [0.3, 0.4) is 0 Å². The van der Waals surface area contributed by atoms with E-state index in [2.05, 4.69) is 18.8 Å². The topological polar surface area (TPSA) is 59.2 Å². The van der Waals surface area contributed by atoms with Crippen LogP contribution in [0.15, 0.2) is 12.3 Å².